The maximum atomic E-state index is 10.6. The molecule has 0 fully saturated rings. The summed E-state index contributed by atoms with van der Waals surface area (Å²) >= 11 is 0. The van der Waals surface area contributed by atoms with Crippen LogP contribution >= 0.6 is 0 Å². The second-order valence-electron chi connectivity index (χ2n) is 6.97. The van der Waals surface area contributed by atoms with Crippen LogP contribution in [-0.4, -0.2) is 10.7 Å². The molecule has 1 N–H and O–H groups in total. The first-order valence-electron chi connectivity index (χ1n) is 9.91. The fourth-order valence-electron chi connectivity index (χ4n) is 3.12. The van der Waals surface area contributed by atoms with Crippen molar-refractivity contribution >= 4 is 0 Å². The minimum Gasteiger partial charge on any atom is -0.390 e. The van der Waals surface area contributed by atoms with Gasteiger partial charge in [0.2, 0.25) is 0 Å². The topological polar surface area (TPSA) is 20.2 Å². The normalized spacial score (nSPS) is 14.3. The van der Waals surface area contributed by atoms with Gasteiger partial charge < -0.3 is 5.11 Å². The predicted molar refractivity (Wildman–Crippen MR) is 95.8 cm³/mol. The standard InChI is InChI=1S/C20H42O/c1-4-7-9-11-12-13-14-15-17-19-20(21,6-3)18-16-10-8-5-2/h21H,4-19H2,1-3H3. The molecule has 0 aliphatic carbocycles. The summed E-state index contributed by atoms with van der Waals surface area (Å²) in [5, 5.41) is 10.6. The van der Waals surface area contributed by atoms with Gasteiger partial charge in [-0.15, -0.1) is 0 Å². The molecule has 0 radical (unpaired) electrons. The first-order valence-corrected chi connectivity index (χ1v) is 9.91. The highest BCUT2D eigenvalue weighted by Crippen LogP contribution is 2.26. The zero-order chi connectivity index (χ0) is 15.8. The van der Waals surface area contributed by atoms with Crippen molar-refractivity contribution in [1.29, 1.82) is 0 Å². The lowest BCUT2D eigenvalue weighted by Gasteiger charge is -2.27. The van der Waals surface area contributed by atoms with Gasteiger partial charge in [-0.05, 0) is 19.3 Å². The molecule has 21 heavy (non-hydrogen) atoms. The van der Waals surface area contributed by atoms with Gasteiger partial charge in [-0.1, -0.05) is 104 Å². The maximum absolute atomic E-state index is 10.6. The Hall–Kier alpha value is -0.0400. The number of aliphatic hydroxyl groups is 1. The van der Waals surface area contributed by atoms with E-state index in [1.165, 1.54) is 83.5 Å². The van der Waals surface area contributed by atoms with Crippen LogP contribution in [0.2, 0.25) is 0 Å². The molecule has 0 saturated heterocycles. The van der Waals surface area contributed by atoms with E-state index in [0.29, 0.717) is 0 Å². The number of hydrogen-bond acceptors (Lipinski definition) is 1. The largest absolute Gasteiger partial charge is 0.390 e. The molecule has 1 unspecified atom stereocenters. The van der Waals surface area contributed by atoms with Crippen LogP contribution < -0.4 is 0 Å². The molecule has 128 valence electrons. The molecular weight excluding hydrogens is 256 g/mol. The van der Waals surface area contributed by atoms with Gasteiger partial charge in [0.25, 0.3) is 0 Å². The van der Waals surface area contributed by atoms with E-state index in [1.54, 1.807) is 0 Å². The number of hydrogen-bond donors (Lipinski definition) is 1. The van der Waals surface area contributed by atoms with Crippen LogP contribution in [0.5, 0.6) is 0 Å². The fourth-order valence-corrected chi connectivity index (χ4v) is 3.12. The summed E-state index contributed by atoms with van der Waals surface area (Å²) in [5.41, 5.74) is -0.366. The van der Waals surface area contributed by atoms with E-state index in [4.69, 9.17) is 0 Å². The van der Waals surface area contributed by atoms with Gasteiger partial charge in [-0.2, -0.15) is 0 Å². The lowest BCUT2D eigenvalue weighted by molar-refractivity contribution is 0.0140. The van der Waals surface area contributed by atoms with Crippen molar-refractivity contribution in [3.05, 3.63) is 0 Å². The summed E-state index contributed by atoms with van der Waals surface area (Å²) < 4.78 is 0. The Labute approximate surface area is 134 Å². The minimum atomic E-state index is -0.366. The number of rotatable bonds is 16. The minimum absolute atomic E-state index is 0.366. The van der Waals surface area contributed by atoms with Gasteiger partial charge in [0.05, 0.1) is 5.60 Å². The summed E-state index contributed by atoms with van der Waals surface area (Å²) in [6, 6.07) is 0. The lowest BCUT2D eigenvalue weighted by atomic mass is 9.87. The molecule has 0 amide bonds. The van der Waals surface area contributed by atoms with Crippen molar-refractivity contribution in [2.45, 2.75) is 129 Å². The molecule has 1 atom stereocenters. The van der Waals surface area contributed by atoms with E-state index < -0.39 is 0 Å². The lowest BCUT2D eigenvalue weighted by Crippen LogP contribution is -2.27. The Balaban J connectivity index is 3.48. The molecule has 0 aromatic heterocycles. The maximum Gasteiger partial charge on any atom is 0.0645 e. The third-order valence-electron chi connectivity index (χ3n) is 4.90. The van der Waals surface area contributed by atoms with E-state index in [1.807, 2.05) is 0 Å². The van der Waals surface area contributed by atoms with Gasteiger partial charge in [-0.25, -0.2) is 0 Å². The van der Waals surface area contributed by atoms with E-state index >= 15 is 0 Å². The second-order valence-corrected chi connectivity index (χ2v) is 6.97. The van der Waals surface area contributed by atoms with Crippen molar-refractivity contribution in [2.75, 3.05) is 0 Å². The van der Waals surface area contributed by atoms with Crippen LogP contribution in [0, 0.1) is 0 Å². The highest BCUT2D eigenvalue weighted by atomic mass is 16.3. The van der Waals surface area contributed by atoms with Gasteiger partial charge in [0.15, 0.2) is 0 Å². The van der Waals surface area contributed by atoms with E-state index in [0.717, 1.165) is 19.3 Å². The smallest absolute Gasteiger partial charge is 0.0645 e. The molecule has 0 aliphatic rings. The molecule has 0 spiro atoms. The Kier molecular flexibility index (Phi) is 14.9. The molecule has 0 bridgehead atoms. The van der Waals surface area contributed by atoms with Gasteiger partial charge in [0, 0.05) is 0 Å². The number of unbranched alkanes of at least 4 members (excludes halogenated alkanes) is 11. The molecule has 0 heterocycles. The second kappa shape index (κ2) is 14.9. The van der Waals surface area contributed by atoms with Crippen LogP contribution in [0.1, 0.15) is 124 Å². The van der Waals surface area contributed by atoms with Crippen LogP contribution in [-0.2, 0) is 0 Å². The van der Waals surface area contributed by atoms with Gasteiger partial charge in [0.1, 0.15) is 0 Å². The van der Waals surface area contributed by atoms with E-state index in [2.05, 4.69) is 20.8 Å². The van der Waals surface area contributed by atoms with Gasteiger partial charge in [-0.3, -0.25) is 0 Å². The molecule has 0 aromatic rings. The zero-order valence-electron chi connectivity index (χ0n) is 15.3. The van der Waals surface area contributed by atoms with Crippen molar-refractivity contribution in [1.82, 2.24) is 0 Å². The van der Waals surface area contributed by atoms with E-state index in [-0.39, 0.29) is 5.60 Å². The van der Waals surface area contributed by atoms with Gasteiger partial charge >= 0.3 is 0 Å². The van der Waals surface area contributed by atoms with Crippen LogP contribution in [0.25, 0.3) is 0 Å². The molecule has 1 nitrogen and oxygen atoms in total. The summed E-state index contributed by atoms with van der Waals surface area (Å²) in [7, 11) is 0. The van der Waals surface area contributed by atoms with E-state index in [9.17, 15) is 5.11 Å². The summed E-state index contributed by atoms with van der Waals surface area (Å²) in [5.74, 6) is 0. The van der Waals surface area contributed by atoms with Crippen LogP contribution in [0.4, 0.5) is 0 Å². The average Bonchev–Trinajstić information content (AvgIpc) is 2.50. The third kappa shape index (κ3) is 13.4. The first-order chi connectivity index (χ1) is 10.2. The fraction of sp³-hybridized carbons (Fsp3) is 1.00. The van der Waals surface area contributed by atoms with Crippen LogP contribution in [0.3, 0.4) is 0 Å². The zero-order valence-corrected chi connectivity index (χ0v) is 15.3. The van der Waals surface area contributed by atoms with Crippen molar-refractivity contribution < 1.29 is 5.11 Å². The molecule has 1 heteroatoms. The molecule has 0 aromatic carbocycles. The summed E-state index contributed by atoms with van der Waals surface area (Å²) in [6.07, 6.45) is 20.3. The molecule has 0 rings (SSSR count). The highest BCUT2D eigenvalue weighted by molar-refractivity contribution is 4.76. The predicted octanol–water partition coefficient (Wildman–Crippen LogP) is 7.02. The van der Waals surface area contributed by atoms with Crippen molar-refractivity contribution in [2.24, 2.45) is 0 Å². The molecule has 0 saturated carbocycles. The monoisotopic (exact) mass is 298 g/mol. The summed E-state index contributed by atoms with van der Waals surface area (Å²) in [6.45, 7) is 6.67. The Morgan fingerprint density at radius 2 is 0.857 bits per heavy atom. The Bertz CT molecular complexity index is 202. The summed E-state index contributed by atoms with van der Waals surface area (Å²) in [4.78, 5) is 0. The molecule has 0 aliphatic heterocycles. The van der Waals surface area contributed by atoms with Crippen LogP contribution in [0.15, 0.2) is 0 Å². The third-order valence-corrected chi connectivity index (χ3v) is 4.90. The first kappa shape index (κ1) is 21.0. The highest BCUT2D eigenvalue weighted by Gasteiger charge is 2.22. The SMILES string of the molecule is CCCCCCCCCCCC(O)(CC)CCCCCC. The quantitative estimate of drug-likeness (QED) is 0.304. The Morgan fingerprint density at radius 1 is 0.524 bits per heavy atom. The Morgan fingerprint density at radius 3 is 1.24 bits per heavy atom. The average molecular weight is 299 g/mol. The molecular formula is C20H42O. The van der Waals surface area contributed by atoms with Crippen molar-refractivity contribution in [3.8, 4) is 0 Å². The van der Waals surface area contributed by atoms with Crippen molar-refractivity contribution in [3.63, 3.8) is 0 Å².